The Labute approximate surface area is 139 Å². The Morgan fingerprint density at radius 1 is 1.29 bits per heavy atom. The summed E-state index contributed by atoms with van der Waals surface area (Å²) in [6, 6.07) is 7.62. The number of carbonyl (C=O) groups excluding carboxylic acids is 1. The van der Waals surface area contributed by atoms with E-state index in [4.69, 9.17) is 5.73 Å². The number of aromatic nitrogens is 2. The van der Waals surface area contributed by atoms with Gasteiger partial charge in [0.25, 0.3) is 11.5 Å². The number of nitrogens with zero attached hydrogens (tertiary/aromatic N) is 2. The molecule has 0 bridgehead atoms. The molecule has 0 unspecified atom stereocenters. The lowest BCUT2D eigenvalue weighted by Gasteiger charge is -2.26. The molecule has 7 nitrogen and oxygen atoms in total. The Balaban J connectivity index is 1.91. The van der Waals surface area contributed by atoms with Crippen LogP contribution in [-0.4, -0.2) is 39.0 Å². The van der Waals surface area contributed by atoms with Crippen LogP contribution >= 0.6 is 0 Å². The number of hydrogen-bond acceptors (Lipinski definition) is 5. The van der Waals surface area contributed by atoms with Crippen molar-refractivity contribution in [3.63, 3.8) is 0 Å². The van der Waals surface area contributed by atoms with Gasteiger partial charge in [-0.15, -0.1) is 0 Å². The number of nitrogens with one attached hydrogen (secondary N) is 1. The average molecular weight is 328 g/mol. The van der Waals surface area contributed by atoms with Gasteiger partial charge < -0.3 is 15.8 Å². The van der Waals surface area contributed by atoms with Gasteiger partial charge >= 0.3 is 0 Å². The Morgan fingerprint density at radius 3 is 2.75 bits per heavy atom. The summed E-state index contributed by atoms with van der Waals surface area (Å²) in [7, 11) is 0. The van der Waals surface area contributed by atoms with Gasteiger partial charge in [0, 0.05) is 12.1 Å². The number of hydrogen-bond donors (Lipinski definition) is 3. The van der Waals surface area contributed by atoms with Crippen LogP contribution in [0.5, 0.6) is 5.75 Å². The zero-order valence-corrected chi connectivity index (χ0v) is 13.3. The molecular formula is C17H20N4O3. The number of aromatic amines is 1. The van der Waals surface area contributed by atoms with Crippen molar-refractivity contribution >= 4 is 5.91 Å². The number of rotatable bonds is 4. The number of amides is 1. The fourth-order valence-electron chi connectivity index (χ4n) is 2.97. The SMILES string of the molecule is NC(=O)c1nc(-c2cccc(CN3CCCCC3)c2)[nH]c(=O)c1O. The molecule has 0 spiro atoms. The molecule has 2 aromatic rings. The first kappa shape index (κ1) is 16.2. The average Bonchev–Trinajstić information content (AvgIpc) is 2.58. The van der Waals surface area contributed by atoms with Crippen LogP contribution in [-0.2, 0) is 6.54 Å². The summed E-state index contributed by atoms with van der Waals surface area (Å²) in [5.41, 5.74) is 5.73. The second-order valence-corrected chi connectivity index (χ2v) is 6.01. The maximum Gasteiger partial charge on any atom is 0.294 e. The van der Waals surface area contributed by atoms with E-state index in [0.717, 1.165) is 25.2 Å². The van der Waals surface area contributed by atoms with Crippen LogP contribution in [0.2, 0.25) is 0 Å². The first-order valence-corrected chi connectivity index (χ1v) is 7.99. The Bertz CT molecular complexity index is 810. The third-order valence-electron chi connectivity index (χ3n) is 4.18. The Morgan fingerprint density at radius 2 is 2.04 bits per heavy atom. The third-order valence-corrected chi connectivity index (χ3v) is 4.18. The number of aromatic hydroxyl groups is 1. The molecule has 3 rings (SSSR count). The van der Waals surface area contributed by atoms with E-state index in [0.29, 0.717) is 5.56 Å². The molecule has 126 valence electrons. The lowest BCUT2D eigenvalue weighted by molar-refractivity contribution is 0.0992. The van der Waals surface area contributed by atoms with E-state index in [1.54, 1.807) is 6.07 Å². The smallest absolute Gasteiger partial charge is 0.294 e. The molecule has 2 heterocycles. The summed E-state index contributed by atoms with van der Waals surface area (Å²) in [5, 5.41) is 9.60. The van der Waals surface area contributed by atoms with E-state index in [9.17, 15) is 14.7 Å². The minimum absolute atomic E-state index is 0.215. The number of carbonyl (C=O) groups is 1. The third kappa shape index (κ3) is 3.46. The number of primary amides is 1. The van der Waals surface area contributed by atoms with Crippen LogP contribution in [0.4, 0.5) is 0 Å². The highest BCUT2D eigenvalue weighted by Crippen LogP contribution is 2.20. The predicted molar refractivity (Wildman–Crippen MR) is 89.6 cm³/mol. The number of benzene rings is 1. The molecule has 1 saturated heterocycles. The van der Waals surface area contributed by atoms with Crippen molar-refractivity contribution in [3.8, 4) is 17.1 Å². The molecule has 1 aromatic heterocycles. The van der Waals surface area contributed by atoms with Gasteiger partial charge in [0.2, 0.25) is 5.75 Å². The van der Waals surface area contributed by atoms with E-state index in [-0.39, 0.29) is 5.82 Å². The van der Waals surface area contributed by atoms with Crippen LogP contribution in [0.25, 0.3) is 11.4 Å². The van der Waals surface area contributed by atoms with Gasteiger partial charge in [-0.2, -0.15) is 0 Å². The van der Waals surface area contributed by atoms with Crippen LogP contribution in [0.15, 0.2) is 29.1 Å². The zero-order chi connectivity index (χ0) is 17.1. The minimum atomic E-state index is -0.940. The number of piperidine rings is 1. The van der Waals surface area contributed by atoms with Crippen LogP contribution in [0.3, 0.4) is 0 Å². The molecule has 7 heteroatoms. The fourth-order valence-corrected chi connectivity index (χ4v) is 2.97. The molecule has 24 heavy (non-hydrogen) atoms. The van der Waals surface area contributed by atoms with E-state index < -0.39 is 22.9 Å². The van der Waals surface area contributed by atoms with Crippen LogP contribution in [0.1, 0.15) is 35.3 Å². The van der Waals surface area contributed by atoms with Crippen molar-refractivity contribution < 1.29 is 9.90 Å². The standard InChI is InChI=1S/C17H20N4O3/c18-15(23)13-14(22)17(24)20-16(19-13)12-6-4-5-11(9-12)10-21-7-2-1-3-8-21/h4-6,9,22H,1-3,7-8,10H2,(H2,18,23)(H,19,20,24). The summed E-state index contributed by atoms with van der Waals surface area (Å²) in [5.74, 6) is -1.48. The monoisotopic (exact) mass is 328 g/mol. The molecule has 0 atom stereocenters. The first-order valence-electron chi connectivity index (χ1n) is 7.99. The maximum atomic E-state index is 11.8. The summed E-state index contributed by atoms with van der Waals surface area (Å²) >= 11 is 0. The van der Waals surface area contributed by atoms with Gasteiger partial charge in [0.05, 0.1) is 0 Å². The van der Waals surface area contributed by atoms with Crippen molar-refractivity contribution in [3.05, 3.63) is 45.9 Å². The fraction of sp³-hybridized carbons (Fsp3) is 0.353. The molecule has 1 amide bonds. The van der Waals surface area contributed by atoms with Gasteiger partial charge in [-0.1, -0.05) is 24.6 Å². The Kier molecular flexibility index (Phi) is 4.61. The topological polar surface area (TPSA) is 112 Å². The second-order valence-electron chi connectivity index (χ2n) is 6.01. The summed E-state index contributed by atoms with van der Waals surface area (Å²) in [6.45, 7) is 3.01. The molecule has 1 aliphatic heterocycles. The molecule has 1 aliphatic rings. The van der Waals surface area contributed by atoms with Gasteiger partial charge in [-0.05, 0) is 37.6 Å². The first-order chi connectivity index (χ1) is 11.5. The van der Waals surface area contributed by atoms with Crippen molar-refractivity contribution in [1.82, 2.24) is 14.9 Å². The summed E-state index contributed by atoms with van der Waals surface area (Å²) in [6.07, 6.45) is 3.72. The van der Waals surface area contributed by atoms with Gasteiger partial charge in [-0.3, -0.25) is 14.5 Å². The van der Waals surface area contributed by atoms with Crippen molar-refractivity contribution in [2.24, 2.45) is 5.73 Å². The molecule has 0 saturated carbocycles. The molecule has 1 aromatic carbocycles. The maximum absolute atomic E-state index is 11.8. The van der Waals surface area contributed by atoms with Crippen LogP contribution < -0.4 is 11.3 Å². The molecule has 0 aliphatic carbocycles. The van der Waals surface area contributed by atoms with Crippen molar-refractivity contribution in [2.75, 3.05) is 13.1 Å². The molecule has 4 N–H and O–H groups in total. The van der Waals surface area contributed by atoms with Gasteiger partial charge in [0.15, 0.2) is 5.69 Å². The van der Waals surface area contributed by atoms with E-state index in [2.05, 4.69) is 14.9 Å². The molecular weight excluding hydrogens is 308 g/mol. The van der Waals surface area contributed by atoms with E-state index in [1.165, 1.54) is 19.3 Å². The lowest BCUT2D eigenvalue weighted by Crippen LogP contribution is -2.29. The molecule has 1 fully saturated rings. The second kappa shape index (κ2) is 6.84. The van der Waals surface area contributed by atoms with Crippen molar-refractivity contribution in [1.29, 1.82) is 0 Å². The van der Waals surface area contributed by atoms with Crippen LogP contribution in [0, 0.1) is 0 Å². The van der Waals surface area contributed by atoms with Crippen molar-refractivity contribution in [2.45, 2.75) is 25.8 Å². The Hall–Kier alpha value is -2.67. The predicted octanol–water partition coefficient (Wildman–Crippen LogP) is 1.23. The van der Waals surface area contributed by atoms with Gasteiger partial charge in [0.1, 0.15) is 5.82 Å². The van der Waals surface area contributed by atoms with E-state index >= 15 is 0 Å². The van der Waals surface area contributed by atoms with E-state index in [1.807, 2.05) is 18.2 Å². The normalized spacial score (nSPS) is 15.3. The highest BCUT2D eigenvalue weighted by molar-refractivity contribution is 5.93. The molecule has 0 radical (unpaired) electrons. The number of likely N-dealkylation sites (tertiary alicyclic amines) is 1. The highest BCUT2D eigenvalue weighted by Gasteiger charge is 2.16. The highest BCUT2D eigenvalue weighted by atomic mass is 16.3. The largest absolute Gasteiger partial charge is 0.501 e. The quantitative estimate of drug-likeness (QED) is 0.781. The summed E-state index contributed by atoms with van der Waals surface area (Å²) in [4.78, 5) is 32.0. The zero-order valence-electron chi connectivity index (χ0n) is 13.3. The minimum Gasteiger partial charge on any atom is -0.501 e. The summed E-state index contributed by atoms with van der Waals surface area (Å²) < 4.78 is 0. The lowest BCUT2D eigenvalue weighted by atomic mass is 10.1. The van der Waals surface area contributed by atoms with Gasteiger partial charge in [-0.25, -0.2) is 4.98 Å². The number of nitrogens with two attached hydrogens (primary N) is 1. The number of H-pyrrole nitrogens is 1.